The number of aromatic nitrogens is 2. The van der Waals surface area contributed by atoms with Crippen molar-refractivity contribution in [1.29, 1.82) is 0 Å². The minimum atomic E-state index is -0.0557. The topological polar surface area (TPSA) is 70.7 Å². The highest BCUT2D eigenvalue weighted by molar-refractivity contribution is 5.46. The van der Waals surface area contributed by atoms with E-state index in [1.54, 1.807) is 20.3 Å². The highest BCUT2D eigenvalue weighted by atomic mass is 16.5. The van der Waals surface area contributed by atoms with E-state index >= 15 is 0 Å². The molecule has 7 nitrogen and oxygen atoms in total. The number of rotatable bonds is 6. The van der Waals surface area contributed by atoms with Gasteiger partial charge in [-0.05, 0) is 31.9 Å². The summed E-state index contributed by atoms with van der Waals surface area (Å²) in [5, 5.41) is 0. The molecule has 0 amide bonds. The van der Waals surface area contributed by atoms with Gasteiger partial charge in [-0.25, -0.2) is 4.98 Å². The van der Waals surface area contributed by atoms with E-state index in [4.69, 9.17) is 14.5 Å². The molecule has 2 aliphatic rings. The maximum Gasteiger partial charge on any atom is 0.252 e. The third kappa shape index (κ3) is 3.85. The first-order chi connectivity index (χ1) is 13.7. The number of aromatic amines is 1. The van der Waals surface area contributed by atoms with Crippen molar-refractivity contribution in [3.05, 3.63) is 45.9 Å². The van der Waals surface area contributed by atoms with Crippen molar-refractivity contribution in [3.63, 3.8) is 0 Å². The van der Waals surface area contributed by atoms with Crippen molar-refractivity contribution in [2.75, 3.05) is 45.3 Å². The molecule has 3 heterocycles. The highest BCUT2D eigenvalue weighted by Gasteiger charge is 2.27. The molecule has 2 aliphatic heterocycles. The van der Waals surface area contributed by atoms with Gasteiger partial charge < -0.3 is 14.4 Å². The van der Waals surface area contributed by atoms with Gasteiger partial charge in [-0.1, -0.05) is 12.1 Å². The van der Waals surface area contributed by atoms with Gasteiger partial charge in [0.25, 0.3) is 5.56 Å². The summed E-state index contributed by atoms with van der Waals surface area (Å²) in [6.07, 6.45) is 3.32. The van der Waals surface area contributed by atoms with Crippen LogP contribution in [-0.4, -0.2) is 55.3 Å². The smallest absolute Gasteiger partial charge is 0.252 e. The summed E-state index contributed by atoms with van der Waals surface area (Å²) in [7, 11) is 3.33. The predicted octanol–water partition coefficient (Wildman–Crippen LogP) is 2.38. The van der Waals surface area contributed by atoms with Crippen LogP contribution in [0.25, 0.3) is 0 Å². The van der Waals surface area contributed by atoms with Crippen LogP contribution in [0.3, 0.4) is 0 Å². The zero-order valence-electron chi connectivity index (χ0n) is 16.6. The van der Waals surface area contributed by atoms with Crippen LogP contribution in [0.2, 0.25) is 0 Å². The van der Waals surface area contributed by atoms with E-state index in [9.17, 15) is 4.79 Å². The molecule has 7 heteroatoms. The molecule has 4 rings (SSSR count). The Bertz CT molecular complexity index is 876. The lowest BCUT2D eigenvalue weighted by Gasteiger charge is -2.20. The molecular formula is C21H28N4O3. The fourth-order valence-electron chi connectivity index (χ4n) is 4.29. The molecule has 0 bridgehead atoms. The van der Waals surface area contributed by atoms with Crippen molar-refractivity contribution in [1.82, 2.24) is 14.9 Å². The van der Waals surface area contributed by atoms with Gasteiger partial charge in [0, 0.05) is 43.7 Å². The van der Waals surface area contributed by atoms with E-state index in [2.05, 4.69) is 20.9 Å². The van der Waals surface area contributed by atoms with Gasteiger partial charge in [0.15, 0.2) is 11.5 Å². The molecule has 2 saturated heterocycles. The fraction of sp³-hybridized carbons (Fsp3) is 0.524. The zero-order valence-corrected chi connectivity index (χ0v) is 16.6. The normalized spacial score (nSPS) is 19.9. The van der Waals surface area contributed by atoms with Gasteiger partial charge in [-0.2, -0.15) is 0 Å². The number of methoxy groups -OCH3 is 2. The summed E-state index contributed by atoms with van der Waals surface area (Å²) < 4.78 is 11.0. The summed E-state index contributed by atoms with van der Waals surface area (Å²) in [5.41, 5.74) is 1.96. The molecule has 2 fully saturated rings. The van der Waals surface area contributed by atoms with E-state index in [0.717, 1.165) is 80.7 Å². The fourth-order valence-corrected chi connectivity index (χ4v) is 4.29. The maximum atomic E-state index is 12.2. The highest BCUT2D eigenvalue weighted by Crippen LogP contribution is 2.34. The van der Waals surface area contributed by atoms with Gasteiger partial charge in [0.1, 0.15) is 0 Å². The molecule has 0 spiro atoms. The molecular weight excluding hydrogens is 356 g/mol. The van der Waals surface area contributed by atoms with Crippen molar-refractivity contribution >= 4 is 5.95 Å². The average Bonchev–Trinajstić information content (AvgIpc) is 3.39. The van der Waals surface area contributed by atoms with Gasteiger partial charge in [0.2, 0.25) is 5.95 Å². The van der Waals surface area contributed by atoms with E-state index < -0.39 is 0 Å². The molecule has 0 aliphatic carbocycles. The number of hydrogen-bond acceptors (Lipinski definition) is 6. The summed E-state index contributed by atoms with van der Waals surface area (Å²) in [5.74, 6) is 2.55. The number of ether oxygens (including phenoxy) is 2. The summed E-state index contributed by atoms with van der Waals surface area (Å²) in [4.78, 5) is 24.5. The van der Waals surface area contributed by atoms with E-state index in [1.807, 2.05) is 12.1 Å². The Morgan fingerprint density at radius 1 is 1.18 bits per heavy atom. The van der Waals surface area contributed by atoms with Gasteiger partial charge in [-0.15, -0.1) is 0 Å². The number of anilines is 1. The van der Waals surface area contributed by atoms with Gasteiger partial charge in [0.05, 0.1) is 19.9 Å². The Kier molecular flexibility index (Phi) is 5.52. The van der Waals surface area contributed by atoms with Crippen LogP contribution in [0.15, 0.2) is 29.1 Å². The molecule has 1 aromatic heterocycles. The van der Waals surface area contributed by atoms with Crippen molar-refractivity contribution < 1.29 is 9.47 Å². The second-order valence-electron chi connectivity index (χ2n) is 7.56. The first kappa shape index (κ1) is 18.8. The molecule has 28 heavy (non-hydrogen) atoms. The van der Waals surface area contributed by atoms with Crippen LogP contribution in [0.1, 0.15) is 36.4 Å². The quantitative estimate of drug-likeness (QED) is 0.825. The summed E-state index contributed by atoms with van der Waals surface area (Å²) in [6, 6.07) is 7.64. The van der Waals surface area contributed by atoms with Crippen molar-refractivity contribution in [2.24, 2.45) is 0 Å². The number of H-pyrrole nitrogens is 1. The summed E-state index contributed by atoms with van der Waals surface area (Å²) in [6.45, 7) is 4.59. The maximum absolute atomic E-state index is 12.2. The van der Waals surface area contributed by atoms with Gasteiger partial charge >= 0.3 is 0 Å². The predicted molar refractivity (Wildman–Crippen MR) is 108 cm³/mol. The lowest BCUT2D eigenvalue weighted by atomic mass is 10.0. The standard InChI is InChI=1S/C21H28N4O3/c1-27-18-7-5-6-16(20(18)28-2)14-24-11-8-15(13-24)17-12-19(26)23-21(22-17)25-9-3-4-10-25/h5-7,12,15H,3-4,8-11,13-14H2,1-2H3,(H,22,23,26)/t15-/m1/s1. The number of benzene rings is 1. The third-order valence-corrected chi connectivity index (χ3v) is 5.72. The average molecular weight is 384 g/mol. The monoisotopic (exact) mass is 384 g/mol. The Balaban J connectivity index is 1.48. The van der Waals surface area contributed by atoms with Crippen LogP contribution in [0.5, 0.6) is 11.5 Å². The Labute approximate surface area is 165 Å². The minimum Gasteiger partial charge on any atom is -0.493 e. The first-order valence-corrected chi connectivity index (χ1v) is 9.96. The molecule has 2 aromatic rings. The van der Waals surface area contributed by atoms with Gasteiger partial charge in [-0.3, -0.25) is 14.7 Å². The van der Waals surface area contributed by atoms with Crippen LogP contribution in [0.4, 0.5) is 5.95 Å². The van der Waals surface area contributed by atoms with E-state index in [1.165, 1.54) is 0 Å². The number of likely N-dealkylation sites (tertiary alicyclic amines) is 1. The number of nitrogens with zero attached hydrogens (tertiary/aromatic N) is 3. The van der Waals surface area contributed by atoms with Crippen LogP contribution in [0, 0.1) is 0 Å². The lowest BCUT2D eigenvalue weighted by molar-refractivity contribution is 0.308. The van der Waals surface area contributed by atoms with Crippen molar-refractivity contribution in [2.45, 2.75) is 31.7 Å². The number of hydrogen-bond donors (Lipinski definition) is 1. The second kappa shape index (κ2) is 8.22. The van der Waals surface area contributed by atoms with E-state index in [0.29, 0.717) is 0 Å². The second-order valence-corrected chi connectivity index (χ2v) is 7.56. The minimum absolute atomic E-state index is 0.0557. The zero-order chi connectivity index (χ0) is 19.5. The molecule has 150 valence electrons. The summed E-state index contributed by atoms with van der Waals surface area (Å²) >= 11 is 0. The molecule has 1 N–H and O–H groups in total. The Morgan fingerprint density at radius 2 is 2.00 bits per heavy atom. The third-order valence-electron chi connectivity index (χ3n) is 5.72. The van der Waals surface area contributed by atoms with Crippen molar-refractivity contribution in [3.8, 4) is 11.5 Å². The van der Waals surface area contributed by atoms with Crippen LogP contribution >= 0.6 is 0 Å². The lowest BCUT2D eigenvalue weighted by Crippen LogP contribution is -2.25. The van der Waals surface area contributed by atoms with Crippen LogP contribution < -0.4 is 19.9 Å². The largest absolute Gasteiger partial charge is 0.493 e. The Morgan fingerprint density at radius 3 is 2.75 bits per heavy atom. The van der Waals surface area contributed by atoms with E-state index in [-0.39, 0.29) is 11.5 Å². The molecule has 0 radical (unpaired) electrons. The Hall–Kier alpha value is -2.54. The number of nitrogens with one attached hydrogen (secondary N) is 1. The number of para-hydroxylation sites is 1. The molecule has 1 aromatic carbocycles. The SMILES string of the molecule is COc1cccc(CN2CC[C@@H](c3cc(=O)[nH]c(N4CCCC4)n3)C2)c1OC. The molecule has 0 saturated carbocycles. The molecule has 1 atom stereocenters. The molecule has 0 unspecified atom stereocenters. The van der Waals surface area contributed by atoms with Crippen LogP contribution in [-0.2, 0) is 6.54 Å². The first-order valence-electron chi connectivity index (χ1n) is 9.96.